The zero-order valence-corrected chi connectivity index (χ0v) is 23.0. The molecule has 0 unspecified atom stereocenters. The third-order valence-corrected chi connectivity index (χ3v) is 8.36. The molecule has 0 aliphatic rings. The number of benzene rings is 7. The summed E-state index contributed by atoms with van der Waals surface area (Å²) in [7, 11) is 0. The summed E-state index contributed by atoms with van der Waals surface area (Å²) in [6.07, 6.45) is 3.95. The van der Waals surface area contributed by atoms with Crippen LogP contribution in [0.1, 0.15) is 0 Å². The number of hydrogen-bond acceptors (Lipinski definition) is 1. The van der Waals surface area contributed by atoms with Gasteiger partial charge in [0.15, 0.2) is 0 Å². The highest BCUT2D eigenvalue weighted by Gasteiger charge is 2.19. The minimum atomic E-state index is 1.16. The zero-order valence-electron chi connectivity index (χ0n) is 23.0. The van der Waals surface area contributed by atoms with Crippen LogP contribution in [0.15, 0.2) is 164 Å². The lowest BCUT2D eigenvalue weighted by atomic mass is 9.84. The number of hydrogen-bond donors (Lipinski definition) is 0. The number of rotatable bonds is 4. The van der Waals surface area contributed by atoms with Crippen molar-refractivity contribution in [3.8, 4) is 44.5 Å². The minimum absolute atomic E-state index is 1.16. The Hall–Kier alpha value is -5.53. The smallest absolute Gasteiger partial charge is 0.0353 e. The molecule has 1 aromatic heterocycles. The first-order valence-corrected chi connectivity index (χ1v) is 14.4. The molecular weight excluding hydrogens is 506 g/mol. The Morgan fingerprint density at radius 3 is 1.71 bits per heavy atom. The van der Waals surface area contributed by atoms with Gasteiger partial charge in [-0.15, -0.1) is 0 Å². The highest BCUT2D eigenvalue weighted by Crippen LogP contribution is 2.46. The fourth-order valence-corrected chi connectivity index (χ4v) is 6.39. The summed E-state index contributed by atoms with van der Waals surface area (Å²) in [5.41, 5.74) is 9.77. The van der Waals surface area contributed by atoms with E-state index in [1.54, 1.807) is 0 Å². The highest BCUT2D eigenvalue weighted by atomic mass is 14.6. The van der Waals surface area contributed by atoms with Crippen molar-refractivity contribution in [2.24, 2.45) is 0 Å². The van der Waals surface area contributed by atoms with E-state index in [-0.39, 0.29) is 0 Å². The van der Waals surface area contributed by atoms with Crippen LogP contribution < -0.4 is 0 Å². The van der Waals surface area contributed by atoms with Gasteiger partial charge in [0.25, 0.3) is 0 Å². The average Bonchev–Trinajstić information content (AvgIpc) is 3.07. The van der Waals surface area contributed by atoms with Crippen molar-refractivity contribution < 1.29 is 0 Å². The molecule has 1 nitrogen and oxygen atoms in total. The van der Waals surface area contributed by atoms with Crippen molar-refractivity contribution in [3.63, 3.8) is 0 Å². The van der Waals surface area contributed by atoms with Gasteiger partial charge in [-0.1, -0.05) is 140 Å². The molecule has 0 amide bonds. The van der Waals surface area contributed by atoms with Gasteiger partial charge in [0, 0.05) is 17.8 Å². The van der Waals surface area contributed by atoms with Crippen LogP contribution in [0, 0.1) is 0 Å². The van der Waals surface area contributed by atoms with Gasteiger partial charge in [-0.25, -0.2) is 0 Å². The molecule has 196 valence electrons. The van der Waals surface area contributed by atoms with Crippen molar-refractivity contribution in [1.82, 2.24) is 4.98 Å². The van der Waals surface area contributed by atoms with E-state index in [4.69, 9.17) is 0 Å². The molecule has 0 saturated heterocycles. The third-order valence-electron chi connectivity index (χ3n) is 8.36. The van der Waals surface area contributed by atoms with Gasteiger partial charge in [0.2, 0.25) is 0 Å². The molecule has 0 saturated carbocycles. The van der Waals surface area contributed by atoms with E-state index < -0.39 is 0 Å². The van der Waals surface area contributed by atoms with E-state index in [2.05, 4.69) is 157 Å². The topological polar surface area (TPSA) is 12.9 Å². The van der Waals surface area contributed by atoms with Crippen molar-refractivity contribution in [2.45, 2.75) is 0 Å². The molecule has 0 aliphatic carbocycles. The van der Waals surface area contributed by atoms with Gasteiger partial charge < -0.3 is 0 Å². The summed E-state index contributed by atoms with van der Waals surface area (Å²) in [5.74, 6) is 0. The van der Waals surface area contributed by atoms with E-state index >= 15 is 0 Å². The second-order valence-corrected chi connectivity index (χ2v) is 10.8. The molecule has 8 rings (SSSR count). The van der Waals surface area contributed by atoms with Gasteiger partial charge in [0.1, 0.15) is 0 Å². The van der Waals surface area contributed by atoms with Gasteiger partial charge in [-0.3, -0.25) is 4.98 Å². The lowest BCUT2D eigenvalue weighted by molar-refractivity contribution is 1.37. The minimum Gasteiger partial charge on any atom is -0.264 e. The molecule has 1 heterocycles. The average molecular weight is 534 g/mol. The second-order valence-electron chi connectivity index (χ2n) is 10.8. The van der Waals surface area contributed by atoms with Crippen LogP contribution in [0.5, 0.6) is 0 Å². The van der Waals surface area contributed by atoms with Crippen molar-refractivity contribution in [2.75, 3.05) is 0 Å². The molecular formula is C41H27N. The molecule has 0 spiro atoms. The van der Waals surface area contributed by atoms with Crippen LogP contribution in [0.25, 0.3) is 76.8 Å². The Kier molecular flexibility index (Phi) is 5.86. The van der Waals surface area contributed by atoms with Crippen molar-refractivity contribution in [3.05, 3.63) is 164 Å². The normalized spacial score (nSPS) is 11.3. The van der Waals surface area contributed by atoms with Crippen LogP contribution in [0.2, 0.25) is 0 Å². The fraction of sp³-hybridized carbons (Fsp3) is 0. The largest absolute Gasteiger partial charge is 0.264 e. The van der Waals surface area contributed by atoms with Crippen molar-refractivity contribution >= 4 is 32.3 Å². The van der Waals surface area contributed by atoms with Gasteiger partial charge >= 0.3 is 0 Å². The summed E-state index contributed by atoms with van der Waals surface area (Å²) in [6, 6.07) is 54.6. The van der Waals surface area contributed by atoms with E-state index in [0.717, 1.165) is 5.39 Å². The maximum absolute atomic E-state index is 4.64. The first-order chi connectivity index (χ1) is 20.8. The van der Waals surface area contributed by atoms with Crippen LogP contribution in [-0.2, 0) is 0 Å². The van der Waals surface area contributed by atoms with Crippen LogP contribution in [0.4, 0.5) is 0 Å². The van der Waals surface area contributed by atoms with E-state index in [1.165, 1.54) is 71.4 Å². The lowest BCUT2D eigenvalue weighted by Crippen LogP contribution is -1.93. The number of nitrogens with zero attached hydrogens (tertiary/aromatic N) is 1. The summed E-state index contributed by atoms with van der Waals surface area (Å²) >= 11 is 0. The maximum atomic E-state index is 4.64. The third kappa shape index (κ3) is 4.06. The first-order valence-electron chi connectivity index (χ1n) is 14.4. The van der Waals surface area contributed by atoms with Gasteiger partial charge in [0.05, 0.1) is 0 Å². The Labute approximate surface area is 245 Å². The highest BCUT2D eigenvalue weighted by molar-refractivity contribution is 6.22. The predicted octanol–water partition coefficient (Wildman–Crippen LogP) is 11.2. The van der Waals surface area contributed by atoms with E-state index in [0.29, 0.717) is 0 Å². The summed E-state index contributed by atoms with van der Waals surface area (Å²) in [6.45, 7) is 0. The van der Waals surface area contributed by atoms with Gasteiger partial charge in [-0.05, 0) is 83.6 Å². The summed E-state index contributed by atoms with van der Waals surface area (Å²) in [5, 5.41) is 7.34. The summed E-state index contributed by atoms with van der Waals surface area (Å²) in [4.78, 5) is 4.64. The Morgan fingerprint density at radius 2 is 0.905 bits per heavy atom. The number of fused-ring (bicyclic) bond motifs is 3. The second kappa shape index (κ2) is 10.1. The molecule has 0 radical (unpaired) electrons. The number of pyridine rings is 1. The standard InChI is InChI=1S/C41H27N/c1-2-10-28(11-3-1)30-18-21-31(22-19-30)34-14-6-7-15-35(34)41-37-17-9-8-16-36(37)40(38-24-25-42-27-39(38)41)33-23-20-29-12-4-5-13-32(29)26-33/h1-27H. The zero-order chi connectivity index (χ0) is 27.9. The fourth-order valence-electron chi connectivity index (χ4n) is 6.39. The van der Waals surface area contributed by atoms with E-state index in [1.807, 2.05) is 12.4 Å². The molecule has 0 bridgehead atoms. The van der Waals surface area contributed by atoms with Crippen LogP contribution in [0.3, 0.4) is 0 Å². The predicted molar refractivity (Wildman–Crippen MR) is 178 cm³/mol. The molecule has 0 aliphatic heterocycles. The molecule has 0 atom stereocenters. The molecule has 0 N–H and O–H groups in total. The molecule has 7 aromatic carbocycles. The first kappa shape index (κ1) is 24.3. The van der Waals surface area contributed by atoms with Crippen molar-refractivity contribution in [1.29, 1.82) is 0 Å². The van der Waals surface area contributed by atoms with Crippen LogP contribution in [-0.4, -0.2) is 4.98 Å². The molecule has 42 heavy (non-hydrogen) atoms. The van der Waals surface area contributed by atoms with Gasteiger partial charge in [-0.2, -0.15) is 0 Å². The number of aromatic nitrogens is 1. The quantitative estimate of drug-likeness (QED) is 0.205. The Bertz CT molecular complexity index is 2170. The Morgan fingerprint density at radius 1 is 0.333 bits per heavy atom. The molecule has 8 aromatic rings. The van der Waals surface area contributed by atoms with Crippen LogP contribution >= 0.6 is 0 Å². The maximum Gasteiger partial charge on any atom is 0.0353 e. The van der Waals surface area contributed by atoms with E-state index in [9.17, 15) is 0 Å². The SMILES string of the molecule is c1ccc(-c2ccc(-c3ccccc3-c3c4ccccc4c(-c4ccc5ccccc5c4)c4ccncc34)cc2)cc1. The Balaban J connectivity index is 1.38. The summed E-state index contributed by atoms with van der Waals surface area (Å²) < 4.78 is 0. The molecule has 0 fully saturated rings. The molecule has 1 heteroatoms. The monoisotopic (exact) mass is 533 g/mol. The lowest BCUT2D eigenvalue weighted by Gasteiger charge is -2.19.